The van der Waals surface area contributed by atoms with E-state index in [0.717, 1.165) is 43.8 Å². The van der Waals surface area contributed by atoms with Gasteiger partial charge in [-0.05, 0) is 36.8 Å². The molecule has 31 heavy (non-hydrogen) atoms. The smallest absolute Gasteiger partial charge is 0.265 e. The van der Waals surface area contributed by atoms with Crippen molar-refractivity contribution in [3.05, 3.63) is 56.5 Å². The molecule has 0 bridgehead atoms. The molecular formula is C21H21Cl2N2O3S3+. The Bertz CT molecular complexity index is 1270. The summed E-state index contributed by atoms with van der Waals surface area (Å²) in [5, 5.41) is 3.42. The number of aryl methyl sites for hydroxylation is 1. The summed E-state index contributed by atoms with van der Waals surface area (Å²) in [6.45, 7) is 3.46. The number of halogens is 2. The number of fused-ring (bicyclic) bond motifs is 2. The zero-order chi connectivity index (χ0) is 22.2. The van der Waals surface area contributed by atoms with E-state index in [1.165, 1.54) is 0 Å². The van der Waals surface area contributed by atoms with Crippen LogP contribution in [-0.4, -0.2) is 25.3 Å². The molecule has 2 heterocycles. The second kappa shape index (κ2) is 9.29. The molecule has 0 spiro atoms. The molecule has 0 saturated heterocycles. The zero-order valence-electron chi connectivity index (χ0n) is 16.7. The molecule has 1 aromatic heterocycles. The lowest BCUT2D eigenvalue weighted by molar-refractivity contribution is -0.668. The van der Waals surface area contributed by atoms with Crippen LogP contribution in [0.4, 0.5) is 5.69 Å². The van der Waals surface area contributed by atoms with Gasteiger partial charge in [0.15, 0.2) is 0 Å². The Morgan fingerprint density at radius 3 is 2.65 bits per heavy atom. The molecule has 0 amide bonds. The van der Waals surface area contributed by atoms with E-state index >= 15 is 0 Å². The van der Waals surface area contributed by atoms with Crippen molar-refractivity contribution in [1.29, 1.82) is 0 Å². The first-order valence-electron chi connectivity index (χ1n) is 9.79. The molecule has 0 unspecified atom stereocenters. The summed E-state index contributed by atoms with van der Waals surface area (Å²) in [5.74, 6) is -0.283. The largest absolute Gasteiger partial charge is 0.335 e. The second-order valence-corrected chi connectivity index (χ2v) is 11.8. The summed E-state index contributed by atoms with van der Waals surface area (Å²) in [5.41, 5.74) is 2.05. The Hall–Kier alpha value is -1.29. The van der Waals surface area contributed by atoms with Gasteiger partial charge in [0.25, 0.3) is 15.1 Å². The number of hydrogen-bond acceptors (Lipinski definition) is 5. The van der Waals surface area contributed by atoms with Crippen molar-refractivity contribution < 1.29 is 17.5 Å². The molecule has 10 heteroatoms. The zero-order valence-corrected chi connectivity index (χ0v) is 20.7. The van der Waals surface area contributed by atoms with E-state index in [1.54, 1.807) is 23.1 Å². The van der Waals surface area contributed by atoms with Crippen molar-refractivity contribution in [3.63, 3.8) is 0 Å². The highest BCUT2D eigenvalue weighted by Gasteiger charge is 2.28. The molecule has 1 aliphatic rings. The van der Waals surface area contributed by atoms with E-state index in [1.807, 2.05) is 36.4 Å². The first kappa shape index (κ1) is 22.9. The number of hydrogen-bond donors (Lipinski definition) is 1. The number of nitrogens with zero attached hydrogens (tertiary/aromatic N) is 2. The van der Waals surface area contributed by atoms with Gasteiger partial charge in [0.2, 0.25) is 5.52 Å². The third kappa shape index (κ3) is 5.21. The number of anilines is 1. The van der Waals surface area contributed by atoms with Crippen LogP contribution in [-0.2, 0) is 16.7 Å². The molecular weight excluding hydrogens is 495 g/mol. The number of thiazole rings is 1. The summed E-state index contributed by atoms with van der Waals surface area (Å²) in [4.78, 5) is 3.14. The summed E-state index contributed by atoms with van der Waals surface area (Å²) >= 11 is 15.8. The third-order valence-electron chi connectivity index (χ3n) is 4.86. The Balaban J connectivity index is 1.75. The maximum atomic E-state index is 11.2. The van der Waals surface area contributed by atoms with Gasteiger partial charge in [-0.15, -0.1) is 0 Å². The maximum absolute atomic E-state index is 11.2. The van der Waals surface area contributed by atoms with Gasteiger partial charge in [-0.25, -0.2) is 0 Å². The molecule has 5 nitrogen and oxygen atoms in total. The van der Waals surface area contributed by atoms with Crippen LogP contribution < -0.4 is 9.47 Å². The minimum absolute atomic E-state index is 0.283. The monoisotopic (exact) mass is 515 g/mol. The van der Waals surface area contributed by atoms with Crippen LogP contribution in [0.15, 0.2) is 46.3 Å². The standard InChI is InChI=1S/C21H20Cl2N2O3S3/c1-2-8-24-16-11-14(22)4-6-18(16)29-20(24)13-21-25(9-3-10-31(26,27)28)17-12-15(23)5-7-19(17)30-21/h4-7,11-13H,2-3,8-10H2,1H3/p+1. The van der Waals surface area contributed by atoms with Crippen molar-refractivity contribution in [2.24, 2.45) is 0 Å². The van der Waals surface area contributed by atoms with Crippen LogP contribution in [0.3, 0.4) is 0 Å². The fourth-order valence-electron chi connectivity index (χ4n) is 3.56. The number of benzene rings is 2. The van der Waals surface area contributed by atoms with Crippen molar-refractivity contribution >= 4 is 78.4 Å². The fraction of sp³-hybridized carbons (Fsp3) is 0.286. The predicted octanol–water partition coefficient (Wildman–Crippen LogP) is 6.09. The lowest BCUT2D eigenvalue weighted by Gasteiger charge is -2.20. The number of rotatable bonds is 7. The van der Waals surface area contributed by atoms with Gasteiger partial charge < -0.3 is 4.90 Å². The Morgan fingerprint density at radius 1 is 1.16 bits per heavy atom. The van der Waals surface area contributed by atoms with Gasteiger partial charge >= 0.3 is 0 Å². The first-order valence-corrected chi connectivity index (χ1v) is 13.8. The Labute approximate surface area is 200 Å². The lowest BCUT2D eigenvalue weighted by atomic mass is 10.2. The third-order valence-corrected chi connectivity index (χ3v) is 8.36. The molecule has 164 valence electrons. The van der Waals surface area contributed by atoms with Crippen molar-refractivity contribution in [2.45, 2.75) is 31.2 Å². The quantitative estimate of drug-likeness (QED) is 0.304. The van der Waals surface area contributed by atoms with Gasteiger partial charge in [0.05, 0.1) is 22.5 Å². The van der Waals surface area contributed by atoms with E-state index in [2.05, 4.69) is 22.5 Å². The first-order chi connectivity index (χ1) is 14.7. The number of thioether (sulfide) groups is 1. The molecule has 2 aromatic carbocycles. The molecule has 0 atom stereocenters. The Kier molecular flexibility index (Phi) is 6.86. The molecule has 4 rings (SSSR count). The van der Waals surface area contributed by atoms with Gasteiger partial charge in [-0.3, -0.25) is 4.55 Å². The summed E-state index contributed by atoms with van der Waals surface area (Å²) < 4.78 is 35.0. The minimum Gasteiger partial charge on any atom is -0.335 e. The van der Waals surface area contributed by atoms with E-state index < -0.39 is 10.1 Å². The predicted molar refractivity (Wildman–Crippen MR) is 131 cm³/mol. The lowest BCUT2D eigenvalue weighted by Crippen LogP contribution is -2.35. The molecule has 0 saturated carbocycles. The molecule has 1 N–H and O–H groups in total. The van der Waals surface area contributed by atoms with E-state index in [0.29, 0.717) is 23.0 Å². The van der Waals surface area contributed by atoms with Crippen molar-refractivity contribution in [1.82, 2.24) is 0 Å². The maximum Gasteiger partial charge on any atom is 0.265 e. The molecule has 1 aliphatic heterocycles. The normalized spacial score (nSPS) is 15.2. The molecule has 0 fully saturated rings. The van der Waals surface area contributed by atoms with E-state index in [9.17, 15) is 8.42 Å². The van der Waals surface area contributed by atoms with Gasteiger partial charge in [-0.2, -0.15) is 13.0 Å². The van der Waals surface area contributed by atoms with Crippen LogP contribution >= 0.6 is 46.3 Å². The molecule has 3 aromatic rings. The average Bonchev–Trinajstić information content (AvgIpc) is 3.19. The number of aromatic nitrogens is 1. The summed E-state index contributed by atoms with van der Waals surface area (Å²) in [6, 6.07) is 11.7. The summed E-state index contributed by atoms with van der Waals surface area (Å²) in [7, 11) is -4.01. The topological polar surface area (TPSA) is 61.5 Å². The minimum atomic E-state index is -4.01. The highest BCUT2D eigenvalue weighted by atomic mass is 35.5. The van der Waals surface area contributed by atoms with E-state index in [-0.39, 0.29) is 5.75 Å². The SMILES string of the molecule is CCC[n+]1c(C=C2Sc3ccc(Cl)cc3N2CCCS(=O)(=O)O)sc2ccc(Cl)cc21. The summed E-state index contributed by atoms with van der Waals surface area (Å²) in [6.07, 6.45) is 3.43. The van der Waals surface area contributed by atoms with Crippen LogP contribution in [0.5, 0.6) is 0 Å². The second-order valence-electron chi connectivity index (χ2n) is 7.19. The highest BCUT2D eigenvalue weighted by molar-refractivity contribution is 8.03. The highest BCUT2D eigenvalue weighted by Crippen LogP contribution is 2.47. The van der Waals surface area contributed by atoms with Crippen LogP contribution in [0, 0.1) is 0 Å². The van der Waals surface area contributed by atoms with Crippen LogP contribution in [0.2, 0.25) is 10.0 Å². The van der Waals surface area contributed by atoms with E-state index in [4.69, 9.17) is 27.8 Å². The van der Waals surface area contributed by atoms with Crippen LogP contribution in [0.1, 0.15) is 24.8 Å². The molecule has 0 aliphatic carbocycles. The van der Waals surface area contributed by atoms with Crippen LogP contribution in [0.25, 0.3) is 16.3 Å². The molecule has 0 radical (unpaired) electrons. The fourth-order valence-corrected chi connectivity index (χ4v) is 6.67. The van der Waals surface area contributed by atoms with Gasteiger partial charge in [-0.1, -0.05) is 53.2 Å². The van der Waals surface area contributed by atoms with Gasteiger partial charge in [0.1, 0.15) is 11.2 Å². The average molecular weight is 517 g/mol. The van der Waals surface area contributed by atoms with Crippen molar-refractivity contribution in [3.8, 4) is 0 Å². The van der Waals surface area contributed by atoms with Crippen molar-refractivity contribution in [2.75, 3.05) is 17.2 Å². The Morgan fingerprint density at radius 2 is 1.90 bits per heavy atom. The van der Waals surface area contributed by atoms with Gasteiger partial charge in [0, 0.05) is 34.0 Å².